The molecule has 138 valence electrons. The first-order valence-electron chi connectivity index (χ1n) is 7.75. The first-order chi connectivity index (χ1) is 11.2. The highest BCUT2D eigenvalue weighted by Crippen LogP contribution is 2.20. The molecule has 0 aliphatic heterocycles. The average molecular weight is 386 g/mol. The summed E-state index contributed by atoms with van der Waals surface area (Å²) in [5.74, 6) is 0.802. The molecule has 7 heteroatoms. The molecule has 1 unspecified atom stereocenters. The zero-order valence-electron chi connectivity index (χ0n) is 14.4. The number of ether oxygens (including phenoxy) is 1. The molecule has 0 saturated heterocycles. The number of amides is 1. The van der Waals surface area contributed by atoms with E-state index >= 15 is 0 Å². The summed E-state index contributed by atoms with van der Waals surface area (Å²) in [6.45, 7) is 3.06. The molecule has 1 aromatic heterocycles. The molecule has 1 aromatic carbocycles. The van der Waals surface area contributed by atoms with E-state index in [9.17, 15) is 4.79 Å². The summed E-state index contributed by atoms with van der Waals surface area (Å²) in [6, 6.07) is 13.4. The first kappa shape index (κ1) is 23.2. The molecule has 2 rings (SSSR count). The van der Waals surface area contributed by atoms with Crippen molar-refractivity contribution in [3.63, 3.8) is 0 Å². The van der Waals surface area contributed by atoms with Crippen molar-refractivity contribution in [2.75, 3.05) is 13.6 Å². The van der Waals surface area contributed by atoms with Crippen LogP contribution in [0.5, 0.6) is 5.75 Å². The van der Waals surface area contributed by atoms with Crippen LogP contribution >= 0.6 is 24.8 Å². The Morgan fingerprint density at radius 1 is 1.20 bits per heavy atom. The monoisotopic (exact) mass is 385 g/mol. The Bertz CT molecular complexity index is 627. The van der Waals surface area contributed by atoms with E-state index in [1.165, 1.54) is 0 Å². The summed E-state index contributed by atoms with van der Waals surface area (Å²) in [6.07, 6.45) is 2.22. The van der Waals surface area contributed by atoms with E-state index in [2.05, 4.69) is 15.6 Å². The average Bonchev–Trinajstić information content (AvgIpc) is 2.59. The molecule has 2 N–H and O–H groups in total. The van der Waals surface area contributed by atoms with Gasteiger partial charge in [0.2, 0.25) is 5.91 Å². The number of pyridine rings is 1. The van der Waals surface area contributed by atoms with Crippen molar-refractivity contribution in [3.05, 3.63) is 59.9 Å². The zero-order chi connectivity index (χ0) is 16.5. The SMILES string of the molecule is CNCCC(=O)NC(C)c1cccc(OCc2ccccn2)c1.Cl.Cl. The molecule has 0 aliphatic carbocycles. The van der Waals surface area contributed by atoms with Gasteiger partial charge in [-0.25, -0.2) is 0 Å². The van der Waals surface area contributed by atoms with Gasteiger partial charge in [0.25, 0.3) is 0 Å². The normalized spacial score (nSPS) is 10.8. The molecule has 1 heterocycles. The number of carbonyl (C=O) groups is 1. The van der Waals surface area contributed by atoms with Crippen molar-refractivity contribution < 1.29 is 9.53 Å². The second-order valence-electron chi connectivity index (χ2n) is 5.32. The van der Waals surface area contributed by atoms with Crippen molar-refractivity contribution in [1.82, 2.24) is 15.6 Å². The molecule has 1 atom stereocenters. The van der Waals surface area contributed by atoms with Crippen LogP contribution in [0.15, 0.2) is 48.7 Å². The Morgan fingerprint density at radius 3 is 2.68 bits per heavy atom. The van der Waals surface area contributed by atoms with Crippen LogP contribution in [0.3, 0.4) is 0 Å². The fraction of sp³-hybridized carbons (Fsp3) is 0.333. The highest BCUT2D eigenvalue weighted by atomic mass is 35.5. The lowest BCUT2D eigenvalue weighted by molar-refractivity contribution is -0.121. The topological polar surface area (TPSA) is 63.2 Å². The van der Waals surface area contributed by atoms with E-state index in [0.29, 0.717) is 19.6 Å². The zero-order valence-corrected chi connectivity index (χ0v) is 16.0. The number of carbonyl (C=O) groups excluding carboxylic acids is 1. The Morgan fingerprint density at radius 2 is 2.00 bits per heavy atom. The van der Waals surface area contributed by atoms with Crippen molar-refractivity contribution in [2.45, 2.75) is 26.0 Å². The maximum atomic E-state index is 11.8. The van der Waals surface area contributed by atoms with Gasteiger partial charge in [0.1, 0.15) is 12.4 Å². The van der Waals surface area contributed by atoms with Crippen LogP contribution in [0.25, 0.3) is 0 Å². The van der Waals surface area contributed by atoms with E-state index < -0.39 is 0 Å². The minimum atomic E-state index is -0.0576. The summed E-state index contributed by atoms with van der Waals surface area (Å²) >= 11 is 0. The van der Waals surface area contributed by atoms with Gasteiger partial charge in [-0.15, -0.1) is 24.8 Å². The van der Waals surface area contributed by atoms with Crippen LogP contribution in [-0.2, 0) is 11.4 Å². The number of hydrogen-bond donors (Lipinski definition) is 2. The molecule has 0 radical (unpaired) electrons. The molecule has 5 nitrogen and oxygen atoms in total. The number of halogens is 2. The number of nitrogens with zero attached hydrogens (tertiary/aromatic N) is 1. The molecule has 0 spiro atoms. The quantitative estimate of drug-likeness (QED) is 0.731. The van der Waals surface area contributed by atoms with Crippen LogP contribution in [0, 0.1) is 0 Å². The lowest BCUT2D eigenvalue weighted by Crippen LogP contribution is -2.29. The van der Waals surface area contributed by atoms with E-state index in [1.54, 1.807) is 6.20 Å². The standard InChI is InChI=1S/C18H23N3O2.2ClH/c1-14(21-18(22)9-11-19-2)15-6-5-8-17(12-15)23-13-16-7-3-4-10-20-16;;/h3-8,10,12,14,19H,9,11,13H2,1-2H3,(H,21,22);2*1H. The molecule has 25 heavy (non-hydrogen) atoms. The largest absolute Gasteiger partial charge is 0.487 e. The van der Waals surface area contributed by atoms with Gasteiger partial charge in [-0.1, -0.05) is 18.2 Å². The Kier molecular flexibility index (Phi) is 11.6. The van der Waals surface area contributed by atoms with Crippen LogP contribution in [0.2, 0.25) is 0 Å². The van der Waals surface area contributed by atoms with E-state index in [4.69, 9.17) is 4.74 Å². The summed E-state index contributed by atoms with van der Waals surface area (Å²) in [4.78, 5) is 16.0. The Hall–Kier alpha value is -1.82. The van der Waals surface area contributed by atoms with Gasteiger partial charge in [-0.2, -0.15) is 0 Å². The smallest absolute Gasteiger partial charge is 0.221 e. The number of hydrogen-bond acceptors (Lipinski definition) is 4. The van der Waals surface area contributed by atoms with Crippen LogP contribution in [-0.4, -0.2) is 24.5 Å². The molecule has 1 amide bonds. The fourth-order valence-corrected chi connectivity index (χ4v) is 2.15. The second-order valence-corrected chi connectivity index (χ2v) is 5.32. The van der Waals surface area contributed by atoms with E-state index in [-0.39, 0.29) is 36.8 Å². The number of benzene rings is 1. The minimum Gasteiger partial charge on any atom is -0.487 e. The third-order valence-electron chi connectivity index (χ3n) is 3.45. The molecule has 0 bridgehead atoms. The van der Waals surface area contributed by atoms with Gasteiger partial charge in [0.15, 0.2) is 0 Å². The molecule has 0 fully saturated rings. The van der Waals surface area contributed by atoms with Gasteiger partial charge in [0.05, 0.1) is 11.7 Å². The predicted molar refractivity (Wildman–Crippen MR) is 105 cm³/mol. The molecule has 0 saturated carbocycles. The molecule has 0 aliphatic rings. The summed E-state index contributed by atoms with van der Waals surface area (Å²) < 4.78 is 5.77. The molecular weight excluding hydrogens is 361 g/mol. The highest BCUT2D eigenvalue weighted by Gasteiger charge is 2.10. The minimum absolute atomic E-state index is 0. The number of nitrogens with one attached hydrogen (secondary N) is 2. The maximum absolute atomic E-state index is 11.8. The van der Waals surface area contributed by atoms with E-state index in [0.717, 1.165) is 17.0 Å². The summed E-state index contributed by atoms with van der Waals surface area (Å²) in [7, 11) is 1.83. The van der Waals surface area contributed by atoms with Gasteiger partial charge in [0, 0.05) is 19.2 Å². The first-order valence-corrected chi connectivity index (χ1v) is 7.75. The number of rotatable bonds is 8. The molecular formula is C18H25Cl2N3O2. The second kappa shape index (κ2) is 12.5. The molecule has 2 aromatic rings. The third kappa shape index (κ3) is 8.20. The summed E-state index contributed by atoms with van der Waals surface area (Å²) in [5, 5.41) is 5.95. The summed E-state index contributed by atoms with van der Waals surface area (Å²) in [5.41, 5.74) is 1.90. The van der Waals surface area contributed by atoms with Crippen molar-refractivity contribution >= 4 is 30.7 Å². The fourth-order valence-electron chi connectivity index (χ4n) is 2.15. The highest BCUT2D eigenvalue weighted by molar-refractivity contribution is 5.85. The van der Waals surface area contributed by atoms with Gasteiger partial charge in [-0.3, -0.25) is 9.78 Å². The van der Waals surface area contributed by atoms with Crippen molar-refractivity contribution in [2.24, 2.45) is 0 Å². The maximum Gasteiger partial charge on any atom is 0.221 e. The lowest BCUT2D eigenvalue weighted by atomic mass is 10.1. The van der Waals surface area contributed by atoms with Crippen LogP contribution in [0.4, 0.5) is 0 Å². The third-order valence-corrected chi connectivity index (χ3v) is 3.45. The van der Waals surface area contributed by atoms with Crippen molar-refractivity contribution in [3.8, 4) is 5.75 Å². The van der Waals surface area contributed by atoms with Crippen molar-refractivity contribution in [1.29, 1.82) is 0 Å². The number of aromatic nitrogens is 1. The van der Waals surface area contributed by atoms with Gasteiger partial charge >= 0.3 is 0 Å². The van der Waals surface area contributed by atoms with Crippen LogP contribution in [0.1, 0.15) is 30.6 Å². The lowest BCUT2D eigenvalue weighted by Gasteiger charge is -2.15. The van der Waals surface area contributed by atoms with Gasteiger partial charge < -0.3 is 15.4 Å². The Labute approximate surface area is 161 Å². The predicted octanol–water partition coefficient (Wildman–Crippen LogP) is 3.29. The van der Waals surface area contributed by atoms with Gasteiger partial charge in [-0.05, 0) is 43.8 Å². The van der Waals surface area contributed by atoms with Crippen LogP contribution < -0.4 is 15.4 Å². The Balaban J connectivity index is 0.00000288. The van der Waals surface area contributed by atoms with E-state index in [1.807, 2.05) is 56.4 Å².